The molecule has 1 saturated heterocycles. The van der Waals surface area contributed by atoms with Crippen LogP contribution in [0.2, 0.25) is 0 Å². The lowest BCUT2D eigenvalue weighted by molar-refractivity contribution is -0.142. The van der Waals surface area contributed by atoms with Crippen LogP contribution >= 0.6 is 11.8 Å². The summed E-state index contributed by atoms with van der Waals surface area (Å²) in [6.07, 6.45) is -0.501. The minimum atomic E-state index is -4.58. The molecule has 5 rings (SSSR count). The molecule has 3 aliphatic rings. The summed E-state index contributed by atoms with van der Waals surface area (Å²) in [4.78, 5) is 7.98. The highest BCUT2D eigenvalue weighted by atomic mass is 32.2. The fourth-order valence-electron chi connectivity index (χ4n) is 4.22. The quantitative estimate of drug-likeness (QED) is 0.734. The molecule has 0 radical (unpaired) electrons. The van der Waals surface area contributed by atoms with Crippen molar-refractivity contribution >= 4 is 17.7 Å². The van der Waals surface area contributed by atoms with E-state index >= 15 is 0 Å². The monoisotopic (exact) mass is 456 g/mol. The van der Waals surface area contributed by atoms with E-state index in [1.54, 1.807) is 0 Å². The second-order valence-electron chi connectivity index (χ2n) is 8.07. The molecule has 4 heterocycles. The maximum absolute atomic E-state index is 13.3. The summed E-state index contributed by atoms with van der Waals surface area (Å²) in [5.41, 5.74) is -0.973. The summed E-state index contributed by atoms with van der Waals surface area (Å²) in [5.74, 6) is 3.94. The third-order valence-electron chi connectivity index (χ3n) is 5.86. The number of rotatable bonds is 5. The molecule has 168 valence electrons. The van der Waals surface area contributed by atoms with Crippen molar-refractivity contribution in [1.29, 1.82) is 0 Å². The fourth-order valence-corrected chi connectivity index (χ4v) is 5.07. The molecule has 1 N–H and O–H groups in total. The lowest BCUT2D eigenvalue weighted by Gasteiger charge is -2.30. The minimum Gasteiger partial charge on any atom is -0.469 e. The van der Waals surface area contributed by atoms with Gasteiger partial charge in [-0.3, -0.25) is 0 Å². The topological polar surface area (TPSA) is 87.0 Å². The van der Waals surface area contributed by atoms with Crippen LogP contribution in [0, 0.1) is 0 Å². The number of anilines is 1. The molecule has 0 bridgehead atoms. The molecule has 0 spiro atoms. The van der Waals surface area contributed by atoms with Gasteiger partial charge in [0.1, 0.15) is 23.3 Å². The number of ether oxygens (including phenoxy) is 2. The van der Waals surface area contributed by atoms with Gasteiger partial charge in [-0.25, -0.2) is 4.98 Å². The van der Waals surface area contributed by atoms with Crippen molar-refractivity contribution < 1.29 is 22.6 Å². The first-order valence-electron chi connectivity index (χ1n) is 10.4. The van der Waals surface area contributed by atoms with E-state index in [4.69, 9.17) is 9.47 Å². The third-order valence-corrected chi connectivity index (χ3v) is 6.80. The standard InChI is InChI=1S/C19H23F3N6O2S/c20-19(21,22)14-7-23-18(25-17(14)30-13-8-29-9-13)24-12-3-1-2-11(6-12)16-27-26-15-10-31-5-4-28(15)16/h7,11-13H,1-6,8-10H2,(H,23,24,25)/t11-,12+/m0/s1. The molecule has 2 atom stereocenters. The van der Waals surface area contributed by atoms with Crippen LogP contribution in [0.15, 0.2) is 6.20 Å². The number of nitrogens with one attached hydrogen (secondary N) is 1. The molecule has 8 nitrogen and oxygen atoms in total. The van der Waals surface area contributed by atoms with E-state index in [-0.39, 0.29) is 31.1 Å². The Morgan fingerprint density at radius 1 is 1.23 bits per heavy atom. The van der Waals surface area contributed by atoms with Crippen LogP contribution in [0.5, 0.6) is 5.88 Å². The zero-order valence-corrected chi connectivity index (χ0v) is 17.6. The molecule has 0 aromatic carbocycles. The molecule has 1 saturated carbocycles. The number of nitrogens with zero attached hydrogens (tertiary/aromatic N) is 5. The highest BCUT2D eigenvalue weighted by Gasteiger charge is 2.38. The van der Waals surface area contributed by atoms with Crippen LogP contribution in [-0.4, -0.2) is 55.8 Å². The Labute approximate surface area is 181 Å². The number of fused-ring (bicyclic) bond motifs is 1. The average Bonchev–Trinajstić information content (AvgIpc) is 3.14. The molecule has 2 aliphatic heterocycles. The smallest absolute Gasteiger partial charge is 0.423 e. The summed E-state index contributed by atoms with van der Waals surface area (Å²) in [7, 11) is 0. The van der Waals surface area contributed by atoms with Gasteiger partial charge >= 0.3 is 6.18 Å². The van der Waals surface area contributed by atoms with Gasteiger partial charge in [0.2, 0.25) is 11.8 Å². The predicted molar refractivity (Wildman–Crippen MR) is 107 cm³/mol. The number of hydrogen-bond acceptors (Lipinski definition) is 8. The second-order valence-corrected chi connectivity index (χ2v) is 9.18. The average molecular weight is 456 g/mol. The van der Waals surface area contributed by atoms with Gasteiger partial charge in [-0.05, 0) is 19.3 Å². The first-order chi connectivity index (χ1) is 15.0. The van der Waals surface area contributed by atoms with Crippen molar-refractivity contribution in [3.05, 3.63) is 23.4 Å². The van der Waals surface area contributed by atoms with Crippen LogP contribution in [0.3, 0.4) is 0 Å². The molecule has 2 aromatic heterocycles. The fraction of sp³-hybridized carbons (Fsp3) is 0.684. The molecular weight excluding hydrogens is 433 g/mol. The van der Waals surface area contributed by atoms with Crippen molar-refractivity contribution in [3.8, 4) is 5.88 Å². The maximum Gasteiger partial charge on any atom is 0.423 e. The van der Waals surface area contributed by atoms with E-state index in [1.165, 1.54) is 0 Å². The van der Waals surface area contributed by atoms with Gasteiger partial charge in [-0.1, -0.05) is 6.42 Å². The highest BCUT2D eigenvalue weighted by molar-refractivity contribution is 7.98. The third kappa shape index (κ3) is 4.45. The van der Waals surface area contributed by atoms with Crippen LogP contribution < -0.4 is 10.1 Å². The molecule has 12 heteroatoms. The Balaban J connectivity index is 1.31. The molecule has 2 fully saturated rings. The summed E-state index contributed by atoms with van der Waals surface area (Å²) in [6, 6.07) is 0.0429. The zero-order valence-electron chi connectivity index (χ0n) is 16.8. The van der Waals surface area contributed by atoms with Crippen molar-refractivity contribution in [1.82, 2.24) is 24.7 Å². The molecule has 0 amide bonds. The Bertz CT molecular complexity index is 936. The lowest BCUT2D eigenvalue weighted by Crippen LogP contribution is -2.39. The van der Waals surface area contributed by atoms with Crippen LogP contribution in [0.4, 0.5) is 19.1 Å². The number of aromatic nitrogens is 5. The van der Waals surface area contributed by atoms with E-state index in [0.29, 0.717) is 0 Å². The normalized spacial score (nSPS) is 24.4. The number of hydrogen-bond donors (Lipinski definition) is 1. The number of thioether (sulfide) groups is 1. The van der Waals surface area contributed by atoms with E-state index in [9.17, 15) is 13.2 Å². The second kappa shape index (κ2) is 8.45. The molecule has 2 aromatic rings. The predicted octanol–water partition coefficient (Wildman–Crippen LogP) is 3.25. The SMILES string of the molecule is FC(F)(F)c1cnc(N[C@@H]2CCC[C@H](c3nnc4n3CCSC4)C2)nc1OC1COC1. The molecular formula is C19H23F3N6O2S. The number of halogens is 3. The first-order valence-corrected chi connectivity index (χ1v) is 11.6. The highest BCUT2D eigenvalue weighted by Crippen LogP contribution is 2.37. The van der Waals surface area contributed by atoms with Crippen LogP contribution in [0.1, 0.15) is 48.8 Å². The van der Waals surface area contributed by atoms with Gasteiger partial charge in [0.05, 0.1) is 19.0 Å². The van der Waals surface area contributed by atoms with Gasteiger partial charge in [0, 0.05) is 30.5 Å². The van der Waals surface area contributed by atoms with Gasteiger partial charge < -0.3 is 19.4 Å². The molecule has 31 heavy (non-hydrogen) atoms. The van der Waals surface area contributed by atoms with E-state index in [1.807, 2.05) is 11.8 Å². The summed E-state index contributed by atoms with van der Waals surface area (Å²) < 4.78 is 52.6. The van der Waals surface area contributed by atoms with Gasteiger partial charge in [-0.15, -0.1) is 10.2 Å². The Hall–Kier alpha value is -2.08. The van der Waals surface area contributed by atoms with Crippen LogP contribution in [-0.2, 0) is 23.2 Å². The van der Waals surface area contributed by atoms with E-state index in [0.717, 1.165) is 61.6 Å². The van der Waals surface area contributed by atoms with Gasteiger partial charge in [0.25, 0.3) is 0 Å². The summed E-state index contributed by atoms with van der Waals surface area (Å²) in [6.45, 7) is 1.44. The summed E-state index contributed by atoms with van der Waals surface area (Å²) >= 11 is 1.86. The van der Waals surface area contributed by atoms with Crippen molar-refractivity contribution in [2.24, 2.45) is 0 Å². The Morgan fingerprint density at radius 2 is 2.10 bits per heavy atom. The van der Waals surface area contributed by atoms with E-state index in [2.05, 4.69) is 30.0 Å². The van der Waals surface area contributed by atoms with Crippen LogP contribution in [0.25, 0.3) is 0 Å². The van der Waals surface area contributed by atoms with E-state index < -0.39 is 23.7 Å². The maximum atomic E-state index is 13.3. The Kier molecular flexibility index (Phi) is 5.67. The zero-order chi connectivity index (χ0) is 21.4. The van der Waals surface area contributed by atoms with Gasteiger partial charge in [0.15, 0.2) is 0 Å². The number of alkyl halides is 3. The largest absolute Gasteiger partial charge is 0.469 e. The molecule has 0 unspecified atom stereocenters. The Morgan fingerprint density at radius 3 is 2.87 bits per heavy atom. The minimum absolute atomic E-state index is 0.0429. The summed E-state index contributed by atoms with van der Waals surface area (Å²) in [5, 5.41) is 12.0. The van der Waals surface area contributed by atoms with Crippen molar-refractivity contribution in [2.45, 2.75) is 62.2 Å². The lowest BCUT2D eigenvalue weighted by atomic mass is 9.85. The first kappa shape index (κ1) is 20.8. The van der Waals surface area contributed by atoms with Crippen molar-refractivity contribution in [2.75, 3.05) is 24.3 Å². The van der Waals surface area contributed by atoms with Crippen molar-refractivity contribution in [3.63, 3.8) is 0 Å². The molecule has 1 aliphatic carbocycles. The van der Waals surface area contributed by atoms with Gasteiger partial charge in [-0.2, -0.15) is 29.9 Å².